The normalized spacial score (nSPS) is 31.0. The molecule has 0 spiro atoms. The number of carbonyl (C=O) groups is 3. The highest BCUT2D eigenvalue weighted by Crippen LogP contribution is 2.66. The summed E-state index contributed by atoms with van der Waals surface area (Å²) >= 11 is 0. The lowest BCUT2D eigenvalue weighted by Gasteiger charge is -2.29. The summed E-state index contributed by atoms with van der Waals surface area (Å²) in [6.45, 7) is 4.18. The van der Waals surface area contributed by atoms with Gasteiger partial charge in [-0.15, -0.1) is 0 Å². The first-order valence-corrected chi connectivity index (χ1v) is 7.23. The number of nitrogens with zero attached hydrogens (tertiary/aromatic N) is 1. The fourth-order valence-electron chi connectivity index (χ4n) is 3.62. The van der Waals surface area contributed by atoms with Gasteiger partial charge in [0.05, 0.1) is 23.3 Å². The van der Waals surface area contributed by atoms with E-state index in [1.54, 1.807) is 24.3 Å². The van der Waals surface area contributed by atoms with Crippen LogP contribution in [0.25, 0.3) is 0 Å². The summed E-state index contributed by atoms with van der Waals surface area (Å²) in [7, 11) is 0. The summed E-state index contributed by atoms with van der Waals surface area (Å²) in [5.74, 6) is -1.65. The van der Waals surface area contributed by atoms with E-state index in [1.807, 2.05) is 13.8 Å². The van der Waals surface area contributed by atoms with Crippen LogP contribution in [0.5, 0.6) is 0 Å². The van der Waals surface area contributed by atoms with Gasteiger partial charge < -0.3 is 9.57 Å². The lowest BCUT2D eigenvalue weighted by Crippen LogP contribution is -2.43. The lowest BCUT2D eigenvalue weighted by molar-refractivity contribution is -0.183. The van der Waals surface area contributed by atoms with Gasteiger partial charge in [0.2, 0.25) is 0 Å². The van der Waals surface area contributed by atoms with E-state index < -0.39 is 28.8 Å². The van der Waals surface area contributed by atoms with E-state index >= 15 is 0 Å². The first-order chi connectivity index (χ1) is 10.4. The molecular weight excluding hydrogens is 286 g/mol. The molecule has 0 N–H and O–H groups in total. The summed E-state index contributed by atoms with van der Waals surface area (Å²) in [4.78, 5) is 42.2. The SMILES string of the molecule is CC1(C)OCC2CC21C(=O)ON1C(=O)c2ccccc2C1=O. The van der Waals surface area contributed by atoms with Crippen LogP contribution in [0.2, 0.25) is 0 Å². The van der Waals surface area contributed by atoms with Gasteiger partial charge in [-0.3, -0.25) is 9.59 Å². The summed E-state index contributed by atoms with van der Waals surface area (Å²) in [6, 6.07) is 6.42. The van der Waals surface area contributed by atoms with Crippen LogP contribution in [-0.4, -0.2) is 35.1 Å². The monoisotopic (exact) mass is 301 g/mol. The zero-order valence-corrected chi connectivity index (χ0v) is 12.3. The van der Waals surface area contributed by atoms with Crippen molar-refractivity contribution in [2.75, 3.05) is 6.61 Å². The van der Waals surface area contributed by atoms with Crippen molar-refractivity contribution in [1.82, 2.24) is 5.06 Å². The van der Waals surface area contributed by atoms with Gasteiger partial charge >= 0.3 is 5.97 Å². The molecule has 1 aliphatic carbocycles. The van der Waals surface area contributed by atoms with Crippen LogP contribution >= 0.6 is 0 Å². The smallest absolute Gasteiger partial charge is 0.342 e. The van der Waals surface area contributed by atoms with Crippen LogP contribution in [0.3, 0.4) is 0 Å². The molecule has 2 atom stereocenters. The molecule has 2 aliphatic heterocycles. The quantitative estimate of drug-likeness (QED) is 0.775. The van der Waals surface area contributed by atoms with Crippen molar-refractivity contribution in [2.45, 2.75) is 25.9 Å². The number of hydroxylamine groups is 2. The number of rotatable bonds is 2. The second-order valence-electron chi connectivity index (χ2n) is 6.52. The maximum Gasteiger partial charge on any atom is 0.342 e. The van der Waals surface area contributed by atoms with Gasteiger partial charge in [0.25, 0.3) is 11.8 Å². The fourth-order valence-corrected chi connectivity index (χ4v) is 3.62. The number of hydrogen-bond acceptors (Lipinski definition) is 5. The Labute approximate surface area is 126 Å². The number of carbonyl (C=O) groups excluding carboxylic acids is 3. The Morgan fingerprint density at radius 2 is 1.82 bits per heavy atom. The average Bonchev–Trinajstić information content (AvgIpc) is 3.14. The van der Waals surface area contributed by atoms with E-state index in [1.165, 1.54) is 0 Å². The largest absolute Gasteiger partial charge is 0.374 e. The van der Waals surface area contributed by atoms with Gasteiger partial charge in [0, 0.05) is 5.92 Å². The molecule has 1 aromatic rings. The van der Waals surface area contributed by atoms with Gasteiger partial charge in [-0.05, 0) is 32.4 Å². The van der Waals surface area contributed by atoms with E-state index in [0.29, 0.717) is 18.1 Å². The molecule has 1 aromatic carbocycles. The third kappa shape index (κ3) is 1.45. The van der Waals surface area contributed by atoms with E-state index in [-0.39, 0.29) is 17.0 Å². The molecule has 22 heavy (non-hydrogen) atoms. The van der Waals surface area contributed by atoms with Crippen LogP contribution in [0.1, 0.15) is 41.0 Å². The van der Waals surface area contributed by atoms with E-state index in [9.17, 15) is 14.4 Å². The first kappa shape index (κ1) is 13.5. The maximum atomic E-state index is 12.6. The van der Waals surface area contributed by atoms with Gasteiger partial charge in [0.15, 0.2) is 0 Å². The van der Waals surface area contributed by atoms with Crippen LogP contribution in [-0.2, 0) is 14.4 Å². The van der Waals surface area contributed by atoms with Crippen LogP contribution in [0.4, 0.5) is 0 Å². The van der Waals surface area contributed by atoms with Crippen molar-refractivity contribution >= 4 is 17.8 Å². The van der Waals surface area contributed by atoms with Crippen molar-refractivity contribution < 1.29 is 24.0 Å². The predicted octanol–water partition coefficient (Wildman–Crippen LogP) is 1.56. The van der Waals surface area contributed by atoms with E-state index in [2.05, 4.69) is 0 Å². The Kier molecular flexibility index (Phi) is 2.42. The average molecular weight is 301 g/mol. The molecule has 0 radical (unpaired) electrons. The second kappa shape index (κ2) is 3.95. The highest BCUT2D eigenvalue weighted by Gasteiger charge is 2.74. The molecule has 3 aliphatic rings. The highest BCUT2D eigenvalue weighted by atomic mass is 16.7. The third-order valence-electron chi connectivity index (χ3n) is 5.12. The summed E-state index contributed by atoms with van der Waals surface area (Å²) in [5.41, 5.74) is -0.880. The van der Waals surface area contributed by atoms with Crippen molar-refractivity contribution in [3.05, 3.63) is 35.4 Å². The first-order valence-electron chi connectivity index (χ1n) is 7.23. The molecule has 6 heteroatoms. The Morgan fingerprint density at radius 1 is 1.23 bits per heavy atom. The molecular formula is C16H15NO5. The number of amides is 2. The minimum Gasteiger partial charge on any atom is -0.374 e. The standard InChI is InChI=1S/C16H15NO5/c1-15(2)16(7-9(16)8-21-15)14(20)22-17-12(18)10-5-3-4-6-11(10)13(17)19/h3-6,9H,7-8H2,1-2H3. The van der Waals surface area contributed by atoms with Crippen molar-refractivity contribution in [3.63, 3.8) is 0 Å². The fraction of sp³-hybridized carbons (Fsp3) is 0.438. The molecule has 2 heterocycles. The summed E-state index contributed by atoms with van der Waals surface area (Å²) in [6.07, 6.45) is 0.669. The Hall–Kier alpha value is -2.21. The number of fused-ring (bicyclic) bond motifs is 2. The maximum absolute atomic E-state index is 12.6. The van der Waals surface area contributed by atoms with Gasteiger partial charge in [-0.1, -0.05) is 17.2 Å². The Bertz CT molecular complexity index is 690. The molecule has 0 aromatic heterocycles. The lowest BCUT2D eigenvalue weighted by atomic mass is 9.87. The minimum atomic E-state index is -0.748. The summed E-state index contributed by atoms with van der Waals surface area (Å²) in [5, 5.41) is 0.575. The van der Waals surface area contributed by atoms with Gasteiger partial charge in [0.1, 0.15) is 5.41 Å². The zero-order valence-electron chi connectivity index (χ0n) is 12.3. The Balaban J connectivity index is 1.60. The van der Waals surface area contributed by atoms with Crippen molar-refractivity contribution in [1.29, 1.82) is 0 Å². The number of hydrogen-bond donors (Lipinski definition) is 0. The molecule has 2 unspecified atom stereocenters. The van der Waals surface area contributed by atoms with E-state index in [0.717, 1.165) is 0 Å². The van der Waals surface area contributed by atoms with Gasteiger partial charge in [-0.25, -0.2) is 4.79 Å². The highest BCUT2D eigenvalue weighted by molar-refractivity contribution is 6.21. The third-order valence-corrected chi connectivity index (χ3v) is 5.12. The number of imide groups is 1. The van der Waals surface area contributed by atoms with Crippen molar-refractivity contribution in [2.24, 2.45) is 11.3 Å². The molecule has 114 valence electrons. The van der Waals surface area contributed by atoms with Crippen LogP contribution < -0.4 is 0 Å². The molecule has 0 bridgehead atoms. The molecule has 4 rings (SSSR count). The number of ether oxygens (including phenoxy) is 1. The van der Waals surface area contributed by atoms with E-state index in [4.69, 9.17) is 9.57 Å². The Morgan fingerprint density at radius 3 is 2.27 bits per heavy atom. The molecule has 1 saturated carbocycles. The molecule has 1 saturated heterocycles. The van der Waals surface area contributed by atoms with Crippen LogP contribution in [0.15, 0.2) is 24.3 Å². The molecule has 2 amide bonds. The van der Waals surface area contributed by atoms with Gasteiger partial charge in [-0.2, -0.15) is 0 Å². The minimum absolute atomic E-state index is 0.102. The molecule has 2 fully saturated rings. The summed E-state index contributed by atoms with van der Waals surface area (Å²) < 4.78 is 5.62. The zero-order chi connectivity index (χ0) is 15.7. The molecule has 6 nitrogen and oxygen atoms in total. The van der Waals surface area contributed by atoms with Crippen LogP contribution in [0, 0.1) is 11.3 Å². The number of benzene rings is 1. The predicted molar refractivity (Wildman–Crippen MR) is 73.6 cm³/mol. The topological polar surface area (TPSA) is 72.9 Å². The van der Waals surface area contributed by atoms with Crippen molar-refractivity contribution in [3.8, 4) is 0 Å². The second-order valence-corrected chi connectivity index (χ2v) is 6.52.